The second-order valence-corrected chi connectivity index (χ2v) is 11.0. The molecule has 1 fully saturated rings. The predicted molar refractivity (Wildman–Crippen MR) is 147 cm³/mol. The Balaban J connectivity index is 1.29. The maximum absolute atomic E-state index is 13.8. The lowest BCUT2D eigenvalue weighted by molar-refractivity contribution is -0.154. The molecule has 7 nitrogen and oxygen atoms in total. The molecule has 2 aliphatic rings. The average molecular weight is 516 g/mol. The second kappa shape index (κ2) is 11.0. The summed E-state index contributed by atoms with van der Waals surface area (Å²) in [7, 11) is 1.65. The van der Waals surface area contributed by atoms with Crippen molar-refractivity contribution in [2.75, 3.05) is 7.11 Å². The number of hydrogen-bond acceptors (Lipinski definition) is 4. The van der Waals surface area contributed by atoms with Crippen LogP contribution in [0.2, 0.25) is 0 Å². The van der Waals surface area contributed by atoms with Gasteiger partial charge in [0.05, 0.1) is 13.2 Å². The Bertz CT molecular complexity index is 1330. The minimum absolute atomic E-state index is 0.00231. The quantitative estimate of drug-likeness (QED) is 0.281. The van der Waals surface area contributed by atoms with Crippen LogP contribution in [0.5, 0.6) is 5.75 Å². The summed E-state index contributed by atoms with van der Waals surface area (Å²) in [6.45, 7) is 4.30. The van der Waals surface area contributed by atoms with Crippen LogP contribution in [0.4, 0.5) is 0 Å². The first-order valence-corrected chi connectivity index (χ1v) is 13.8. The van der Waals surface area contributed by atoms with E-state index in [0.29, 0.717) is 25.2 Å². The molecular weight excluding hydrogens is 478 g/mol. The van der Waals surface area contributed by atoms with Gasteiger partial charge in [-0.1, -0.05) is 57.0 Å². The van der Waals surface area contributed by atoms with Gasteiger partial charge in [0.2, 0.25) is 11.8 Å². The smallest absolute Gasteiger partial charge is 0.246 e. The van der Waals surface area contributed by atoms with Crippen LogP contribution in [0.1, 0.15) is 80.0 Å². The summed E-state index contributed by atoms with van der Waals surface area (Å²) in [6, 6.07) is 14.1. The number of nitrogens with zero attached hydrogens (tertiary/aromatic N) is 1. The zero-order valence-electron chi connectivity index (χ0n) is 22.5. The third kappa shape index (κ3) is 5.06. The number of hydrogen-bond donors (Lipinski definition) is 2. The van der Waals surface area contributed by atoms with E-state index in [-0.39, 0.29) is 23.6 Å². The number of fused-ring (bicyclic) bond motifs is 4. The van der Waals surface area contributed by atoms with Gasteiger partial charge in [-0.05, 0) is 42.9 Å². The van der Waals surface area contributed by atoms with Crippen LogP contribution in [0.3, 0.4) is 0 Å². The summed E-state index contributed by atoms with van der Waals surface area (Å²) < 4.78 is 5.41. The van der Waals surface area contributed by atoms with E-state index in [9.17, 15) is 14.4 Å². The Labute approximate surface area is 223 Å². The third-order valence-corrected chi connectivity index (χ3v) is 7.91. The zero-order valence-corrected chi connectivity index (χ0v) is 22.5. The number of ketones is 1. The average Bonchev–Trinajstić information content (AvgIpc) is 3.28. The van der Waals surface area contributed by atoms with E-state index in [1.165, 1.54) is 0 Å². The fourth-order valence-corrected chi connectivity index (χ4v) is 6.02. The monoisotopic (exact) mass is 515 g/mol. The molecule has 3 aromatic rings. The Hall–Kier alpha value is -3.61. The van der Waals surface area contributed by atoms with E-state index < -0.39 is 12.1 Å². The van der Waals surface area contributed by atoms with Gasteiger partial charge in [-0.15, -0.1) is 0 Å². The van der Waals surface area contributed by atoms with Gasteiger partial charge in [-0.3, -0.25) is 14.4 Å². The molecule has 3 atom stereocenters. The number of benzene rings is 2. The van der Waals surface area contributed by atoms with Gasteiger partial charge in [0.25, 0.3) is 0 Å². The van der Waals surface area contributed by atoms with Crippen molar-refractivity contribution in [1.29, 1.82) is 0 Å². The lowest BCUT2D eigenvalue weighted by Gasteiger charge is -2.47. The third-order valence-electron chi connectivity index (χ3n) is 7.91. The number of aromatic nitrogens is 1. The highest BCUT2D eigenvalue weighted by atomic mass is 16.5. The first kappa shape index (κ1) is 26.0. The van der Waals surface area contributed by atoms with E-state index in [2.05, 4.69) is 24.1 Å². The minimum Gasteiger partial charge on any atom is -0.497 e. The minimum atomic E-state index is -0.524. The summed E-state index contributed by atoms with van der Waals surface area (Å²) in [6.07, 6.45) is 4.75. The number of unbranched alkanes of at least 4 members (excludes halogenated alkanes) is 2. The van der Waals surface area contributed by atoms with Gasteiger partial charge in [0, 0.05) is 41.1 Å². The van der Waals surface area contributed by atoms with Crippen molar-refractivity contribution in [3.05, 3.63) is 65.4 Å². The van der Waals surface area contributed by atoms with Crippen molar-refractivity contribution >= 4 is 28.5 Å². The number of carbonyl (C=O) groups excluding carboxylic acids is 3. The maximum Gasteiger partial charge on any atom is 0.246 e. The van der Waals surface area contributed by atoms with Gasteiger partial charge in [0.1, 0.15) is 17.8 Å². The number of H-pyrrole nitrogens is 1. The molecule has 5 rings (SSSR count). The second-order valence-electron chi connectivity index (χ2n) is 11.0. The standard InChI is InChI=1S/C31H37N3O4/c1-19(2)16-26-29-23(22-15-14-21(38-3)17-25(22)32-29)18-27-30(36)33-24(31(37)34(26)27)12-8-5-9-13-28(35)20-10-6-4-7-11-20/h4,6-7,10-11,14-15,17,19,24,26-27,32H,5,8-9,12-13,16,18H2,1-3H3,(H,33,36)/t24-,26-,27-/m0/s1. The van der Waals surface area contributed by atoms with Crippen molar-refractivity contribution in [2.45, 2.75) is 76.9 Å². The van der Waals surface area contributed by atoms with Crippen molar-refractivity contribution in [3.8, 4) is 5.75 Å². The van der Waals surface area contributed by atoms with Gasteiger partial charge in [-0.25, -0.2) is 0 Å². The van der Waals surface area contributed by atoms with Crippen LogP contribution >= 0.6 is 0 Å². The lowest BCUT2D eigenvalue weighted by atomic mass is 9.85. The van der Waals surface area contributed by atoms with Crippen molar-refractivity contribution < 1.29 is 19.1 Å². The zero-order chi connectivity index (χ0) is 26.8. The van der Waals surface area contributed by atoms with Gasteiger partial charge in [0.15, 0.2) is 5.78 Å². The number of Topliss-reactive ketones (excluding diaryl/α,β-unsaturated/α-hetero) is 1. The summed E-state index contributed by atoms with van der Waals surface area (Å²) in [5, 5.41) is 4.11. The van der Waals surface area contributed by atoms with Crippen molar-refractivity contribution in [1.82, 2.24) is 15.2 Å². The van der Waals surface area contributed by atoms with Gasteiger partial charge < -0.3 is 19.9 Å². The van der Waals surface area contributed by atoms with Gasteiger partial charge in [-0.2, -0.15) is 0 Å². The molecule has 38 heavy (non-hydrogen) atoms. The molecule has 0 spiro atoms. The van der Waals surface area contributed by atoms with Gasteiger partial charge >= 0.3 is 0 Å². The fraction of sp³-hybridized carbons (Fsp3) is 0.452. The van der Waals surface area contributed by atoms with Crippen LogP contribution in [0, 0.1) is 5.92 Å². The molecular formula is C31H37N3O4. The number of carbonyl (C=O) groups is 3. The van der Waals surface area contributed by atoms with Crippen LogP contribution in [-0.4, -0.2) is 46.7 Å². The molecule has 2 aliphatic heterocycles. The molecule has 0 bridgehead atoms. The SMILES string of the molecule is COc1ccc2c3c([nH]c2c1)[C@H](CC(C)C)N1C(=O)[C@H](CCCCCC(=O)c2ccccc2)NC(=O)[C@@H]1C3. The molecule has 0 aliphatic carbocycles. The van der Waals surface area contributed by atoms with E-state index in [4.69, 9.17) is 4.74 Å². The molecule has 2 N–H and O–H groups in total. The first-order chi connectivity index (χ1) is 18.4. The largest absolute Gasteiger partial charge is 0.497 e. The topological polar surface area (TPSA) is 91.5 Å². The molecule has 200 valence electrons. The van der Waals surface area contributed by atoms with Crippen molar-refractivity contribution in [2.24, 2.45) is 5.92 Å². The van der Waals surface area contributed by atoms with E-state index in [1.54, 1.807) is 7.11 Å². The highest BCUT2D eigenvalue weighted by molar-refractivity contribution is 5.99. The molecule has 1 aromatic heterocycles. The maximum atomic E-state index is 13.8. The fourth-order valence-electron chi connectivity index (χ4n) is 6.02. The number of methoxy groups -OCH3 is 1. The Morgan fingerprint density at radius 1 is 1.08 bits per heavy atom. The van der Waals surface area contributed by atoms with Crippen LogP contribution in [0.25, 0.3) is 10.9 Å². The Kier molecular flexibility index (Phi) is 7.54. The Morgan fingerprint density at radius 3 is 2.61 bits per heavy atom. The van der Waals surface area contributed by atoms with Crippen LogP contribution < -0.4 is 10.1 Å². The number of amides is 2. The molecule has 1 saturated heterocycles. The van der Waals surface area contributed by atoms with E-state index in [0.717, 1.165) is 59.2 Å². The summed E-state index contributed by atoms with van der Waals surface area (Å²) in [4.78, 5) is 44.9. The van der Waals surface area contributed by atoms with E-state index >= 15 is 0 Å². The molecule has 2 aromatic carbocycles. The molecule has 2 amide bonds. The highest BCUT2D eigenvalue weighted by Crippen LogP contribution is 2.42. The highest BCUT2D eigenvalue weighted by Gasteiger charge is 2.48. The van der Waals surface area contributed by atoms with Crippen LogP contribution in [-0.2, 0) is 16.0 Å². The number of aromatic amines is 1. The van der Waals surface area contributed by atoms with Crippen molar-refractivity contribution in [3.63, 3.8) is 0 Å². The first-order valence-electron chi connectivity index (χ1n) is 13.8. The summed E-state index contributed by atoms with van der Waals surface area (Å²) >= 11 is 0. The molecule has 0 radical (unpaired) electrons. The summed E-state index contributed by atoms with van der Waals surface area (Å²) in [5.41, 5.74) is 3.88. The normalized spacial score (nSPS) is 20.8. The van der Waals surface area contributed by atoms with Crippen LogP contribution in [0.15, 0.2) is 48.5 Å². The number of ether oxygens (including phenoxy) is 1. The predicted octanol–water partition coefficient (Wildman–Crippen LogP) is 5.35. The number of nitrogens with one attached hydrogen (secondary N) is 2. The Morgan fingerprint density at radius 2 is 1.87 bits per heavy atom. The lowest BCUT2D eigenvalue weighted by Crippen LogP contribution is -2.65. The van der Waals surface area contributed by atoms with E-state index in [1.807, 2.05) is 53.4 Å². The molecule has 3 heterocycles. The number of rotatable bonds is 10. The number of piperazine rings is 1. The molecule has 0 unspecified atom stereocenters. The molecule has 0 saturated carbocycles. The summed E-state index contributed by atoms with van der Waals surface area (Å²) in [5.74, 6) is 1.20. The molecule has 7 heteroatoms.